The van der Waals surface area contributed by atoms with E-state index in [1.165, 1.54) is 0 Å². The van der Waals surface area contributed by atoms with Crippen molar-refractivity contribution in [1.29, 1.82) is 0 Å². The van der Waals surface area contributed by atoms with E-state index < -0.39 is 6.04 Å². The van der Waals surface area contributed by atoms with Gasteiger partial charge in [-0.15, -0.1) is 0 Å². The number of nitrogens with one attached hydrogen (secondary N) is 2. The van der Waals surface area contributed by atoms with Crippen LogP contribution in [0.2, 0.25) is 10.0 Å². The molecule has 0 saturated heterocycles. The topological polar surface area (TPSA) is 59.6 Å². The smallest absolute Gasteiger partial charge is 0.241 e. The third kappa shape index (κ3) is 6.20. The monoisotopic (exact) mass is 486 g/mol. The third-order valence-corrected chi connectivity index (χ3v) is 6.18. The van der Waals surface area contributed by atoms with E-state index >= 15 is 0 Å². The summed E-state index contributed by atoms with van der Waals surface area (Å²) in [6.07, 6.45) is 1.45. The maximum absolute atomic E-state index is 12.8. The molecule has 33 heavy (non-hydrogen) atoms. The Morgan fingerprint density at radius 3 is 2.24 bits per heavy atom. The van der Waals surface area contributed by atoms with Gasteiger partial charge in [-0.2, -0.15) is 0 Å². The molecule has 3 aromatic rings. The number of benzene rings is 3. The molecule has 1 amide bonds. The van der Waals surface area contributed by atoms with Gasteiger partial charge >= 0.3 is 0 Å². The van der Waals surface area contributed by atoms with Crippen molar-refractivity contribution in [1.82, 2.24) is 10.6 Å². The Morgan fingerprint density at radius 2 is 1.64 bits per heavy atom. The molecule has 0 radical (unpaired) electrons. The lowest BCUT2D eigenvalue weighted by Gasteiger charge is -2.27. The first kappa shape index (κ1) is 24.9. The molecular formula is C26H28Cl2N2O3. The second kappa shape index (κ2) is 11.9. The molecular weight excluding hydrogens is 459 g/mol. The standard InChI is InChI=1S/C26H28Cl2N2O3/c1-29-26(31)24(18-7-5-4-6-8-18)30-21(15-11-17-9-12-19(27)13-10-17)20-14-16-22(32-2)25(33-3)23(20)28/h4-10,12-14,16,21,24,30H,11,15H2,1-3H3,(H,29,31). The van der Waals surface area contributed by atoms with Gasteiger partial charge in [-0.3, -0.25) is 10.1 Å². The number of hydrogen-bond donors (Lipinski definition) is 2. The number of likely N-dealkylation sites (N-methyl/N-ethyl adjacent to an activating group) is 1. The van der Waals surface area contributed by atoms with Crippen molar-refractivity contribution in [2.75, 3.05) is 21.3 Å². The molecule has 0 spiro atoms. The molecule has 5 nitrogen and oxygen atoms in total. The summed E-state index contributed by atoms with van der Waals surface area (Å²) in [6.45, 7) is 0. The minimum absolute atomic E-state index is 0.130. The van der Waals surface area contributed by atoms with Crippen molar-refractivity contribution >= 4 is 29.1 Å². The zero-order valence-electron chi connectivity index (χ0n) is 18.9. The van der Waals surface area contributed by atoms with Gasteiger partial charge in [0.05, 0.1) is 19.2 Å². The van der Waals surface area contributed by atoms with Gasteiger partial charge in [0, 0.05) is 18.1 Å². The van der Waals surface area contributed by atoms with E-state index in [0.717, 1.165) is 23.1 Å². The van der Waals surface area contributed by atoms with Crippen molar-refractivity contribution in [2.45, 2.75) is 24.9 Å². The molecule has 0 aliphatic carbocycles. The molecule has 0 saturated carbocycles. The largest absolute Gasteiger partial charge is 0.493 e. The van der Waals surface area contributed by atoms with Crippen molar-refractivity contribution in [2.24, 2.45) is 0 Å². The second-order valence-corrected chi connectivity index (χ2v) is 8.36. The number of ether oxygens (including phenoxy) is 2. The molecule has 2 unspecified atom stereocenters. The van der Waals surface area contributed by atoms with Crippen LogP contribution in [0.25, 0.3) is 0 Å². The van der Waals surface area contributed by atoms with Crippen LogP contribution in [0.4, 0.5) is 0 Å². The zero-order chi connectivity index (χ0) is 23.8. The molecule has 174 valence electrons. The van der Waals surface area contributed by atoms with Gasteiger partial charge in [0.1, 0.15) is 6.04 Å². The van der Waals surface area contributed by atoms with Crippen LogP contribution in [-0.2, 0) is 11.2 Å². The highest BCUT2D eigenvalue weighted by molar-refractivity contribution is 6.33. The van der Waals surface area contributed by atoms with E-state index in [4.69, 9.17) is 32.7 Å². The summed E-state index contributed by atoms with van der Waals surface area (Å²) in [5.41, 5.74) is 2.83. The van der Waals surface area contributed by atoms with Crippen LogP contribution in [0.5, 0.6) is 11.5 Å². The van der Waals surface area contributed by atoms with Crippen LogP contribution in [0, 0.1) is 0 Å². The molecule has 0 aliphatic rings. The molecule has 2 atom stereocenters. The Morgan fingerprint density at radius 1 is 0.939 bits per heavy atom. The maximum atomic E-state index is 12.8. The third-order valence-electron chi connectivity index (χ3n) is 5.53. The number of rotatable bonds is 10. The van der Waals surface area contributed by atoms with Crippen molar-refractivity contribution in [3.05, 3.63) is 93.5 Å². The van der Waals surface area contributed by atoms with Crippen molar-refractivity contribution in [3.63, 3.8) is 0 Å². The Balaban J connectivity index is 1.99. The number of amides is 1. The normalized spacial score (nSPS) is 12.6. The van der Waals surface area contributed by atoms with Crippen LogP contribution in [0.15, 0.2) is 66.7 Å². The van der Waals surface area contributed by atoms with E-state index in [0.29, 0.717) is 28.0 Å². The summed E-state index contributed by atoms with van der Waals surface area (Å²) in [7, 11) is 4.76. The Labute approximate surface area is 205 Å². The fraction of sp³-hybridized carbons (Fsp3) is 0.269. The summed E-state index contributed by atoms with van der Waals surface area (Å²) in [4.78, 5) is 12.8. The van der Waals surface area contributed by atoms with Crippen molar-refractivity contribution in [3.8, 4) is 11.5 Å². The van der Waals surface area contributed by atoms with Gasteiger partial charge in [0.15, 0.2) is 11.5 Å². The summed E-state index contributed by atoms with van der Waals surface area (Å²) >= 11 is 12.8. The highest BCUT2D eigenvalue weighted by atomic mass is 35.5. The molecule has 0 fully saturated rings. The number of methoxy groups -OCH3 is 2. The van der Waals surface area contributed by atoms with E-state index in [-0.39, 0.29) is 11.9 Å². The summed E-state index contributed by atoms with van der Waals surface area (Å²) in [6, 6.07) is 20.3. The quantitative estimate of drug-likeness (QED) is 0.382. The lowest BCUT2D eigenvalue weighted by molar-refractivity contribution is -0.123. The molecule has 3 rings (SSSR count). The SMILES string of the molecule is CNC(=O)C(NC(CCc1ccc(Cl)cc1)c1ccc(OC)c(OC)c1Cl)c1ccccc1. The Kier molecular flexibility index (Phi) is 9.01. The summed E-state index contributed by atoms with van der Waals surface area (Å²) in [5.74, 6) is 0.883. The lowest BCUT2D eigenvalue weighted by atomic mass is 9.96. The first-order valence-electron chi connectivity index (χ1n) is 10.7. The Hall–Kier alpha value is -2.73. The first-order valence-corrected chi connectivity index (χ1v) is 11.4. The number of halogens is 2. The molecule has 0 bridgehead atoms. The fourth-order valence-electron chi connectivity index (χ4n) is 3.78. The van der Waals surface area contributed by atoms with Crippen LogP contribution in [0.1, 0.15) is 35.2 Å². The predicted molar refractivity (Wildman–Crippen MR) is 133 cm³/mol. The van der Waals surface area contributed by atoms with E-state index in [1.54, 1.807) is 21.3 Å². The van der Waals surface area contributed by atoms with E-state index in [9.17, 15) is 4.79 Å². The number of aryl methyl sites for hydroxylation is 1. The van der Waals surface area contributed by atoms with Gasteiger partial charge in [-0.1, -0.05) is 71.7 Å². The molecule has 7 heteroatoms. The van der Waals surface area contributed by atoms with Gasteiger partial charge < -0.3 is 14.8 Å². The number of carbonyl (C=O) groups excluding carboxylic acids is 1. The summed E-state index contributed by atoms with van der Waals surface area (Å²) < 4.78 is 10.9. The minimum Gasteiger partial charge on any atom is -0.493 e. The Bertz CT molecular complexity index is 1060. The highest BCUT2D eigenvalue weighted by Gasteiger charge is 2.27. The van der Waals surface area contributed by atoms with E-state index in [2.05, 4.69) is 10.6 Å². The van der Waals surface area contributed by atoms with Gasteiger partial charge in [0.2, 0.25) is 5.91 Å². The van der Waals surface area contributed by atoms with Crippen LogP contribution >= 0.6 is 23.2 Å². The minimum atomic E-state index is -0.560. The van der Waals surface area contributed by atoms with Gasteiger partial charge in [0.25, 0.3) is 0 Å². The highest BCUT2D eigenvalue weighted by Crippen LogP contribution is 2.41. The van der Waals surface area contributed by atoms with Gasteiger partial charge in [-0.25, -0.2) is 0 Å². The second-order valence-electron chi connectivity index (χ2n) is 7.55. The van der Waals surface area contributed by atoms with Gasteiger partial charge in [-0.05, 0) is 47.7 Å². The average Bonchev–Trinajstić information content (AvgIpc) is 2.85. The number of hydrogen-bond acceptors (Lipinski definition) is 4. The lowest BCUT2D eigenvalue weighted by Crippen LogP contribution is -2.38. The predicted octanol–water partition coefficient (Wildman–Crippen LogP) is 5.76. The van der Waals surface area contributed by atoms with E-state index in [1.807, 2.05) is 66.7 Å². The zero-order valence-corrected chi connectivity index (χ0v) is 20.4. The summed E-state index contributed by atoms with van der Waals surface area (Å²) in [5, 5.41) is 7.44. The fourth-order valence-corrected chi connectivity index (χ4v) is 4.27. The van der Waals surface area contributed by atoms with Crippen LogP contribution < -0.4 is 20.1 Å². The van der Waals surface area contributed by atoms with Crippen molar-refractivity contribution < 1.29 is 14.3 Å². The van der Waals surface area contributed by atoms with Crippen LogP contribution in [-0.4, -0.2) is 27.2 Å². The maximum Gasteiger partial charge on any atom is 0.241 e. The molecule has 0 aromatic heterocycles. The molecule has 0 heterocycles. The molecule has 3 aromatic carbocycles. The molecule has 0 aliphatic heterocycles. The molecule has 2 N–H and O–H groups in total. The van der Waals surface area contributed by atoms with Crippen LogP contribution in [0.3, 0.4) is 0 Å². The average molecular weight is 487 g/mol. The number of carbonyl (C=O) groups is 1. The first-order chi connectivity index (χ1) is 16.0.